The maximum atomic E-state index is 10.7. The first-order valence-corrected chi connectivity index (χ1v) is 11.0. The summed E-state index contributed by atoms with van der Waals surface area (Å²) in [6.45, 7) is 2.56. The lowest BCUT2D eigenvalue weighted by molar-refractivity contribution is 0.294. The molecule has 5 heteroatoms. The minimum Gasteiger partial charge on any atom is -0.285 e. The molecular weight excluding hydrogens is 304 g/mol. The average Bonchev–Trinajstić information content (AvgIpc) is 2.42. The molecule has 1 N–H and O–H groups in total. The van der Waals surface area contributed by atoms with Crippen molar-refractivity contribution in [2.45, 2.75) is 96.8 Å². The Kier molecular flexibility index (Phi) is 15.4. The molecule has 1 atom stereocenters. The van der Waals surface area contributed by atoms with E-state index in [4.69, 9.17) is 4.55 Å². The summed E-state index contributed by atoms with van der Waals surface area (Å²) in [4.78, 5) is 0. The summed E-state index contributed by atoms with van der Waals surface area (Å²) >= 11 is 4.25. The summed E-state index contributed by atoms with van der Waals surface area (Å²) in [6.07, 6.45) is 18.1. The standard InChI is InChI=1S/C16H34O3S2/c1-2-3-4-5-6-7-8-9-10-11-12-13-14-15-16-19-21(17,18)20/h2-16H2,1H3,(H,17,18,20). The van der Waals surface area contributed by atoms with Gasteiger partial charge in [0.05, 0.1) is 6.61 Å². The SMILES string of the molecule is CCCCCCCCCCCCCCCCOS(=O)(O)=S. The van der Waals surface area contributed by atoms with Gasteiger partial charge in [0.25, 0.3) is 9.05 Å². The molecule has 0 bridgehead atoms. The van der Waals surface area contributed by atoms with Gasteiger partial charge in [-0.3, -0.25) is 8.74 Å². The van der Waals surface area contributed by atoms with Crippen molar-refractivity contribution >= 4 is 20.2 Å². The van der Waals surface area contributed by atoms with Crippen LogP contribution in [0.1, 0.15) is 96.8 Å². The molecule has 0 aliphatic carbocycles. The van der Waals surface area contributed by atoms with E-state index in [-0.39, 0.29) is 0 Å². The van der Waals surface area contributed by atoms with E-state index in [1.807, 2.05) is 0 Å². The molecule has 0 saturated heterocycles. The molecule has 0 spiro atoms. The van der Waals surface area contributed by atoms with Crippen LogP contribution in [0.15, 0.2) is 0 Å². The molecule has 128 valence electrons. The highest BCUT2D eigenvalue weighted by Gasteiger charge is 1.99. The van der Waals surface area contributed by atoms with Gasteiger partial charge < -0.3 is 0 Å². The minimum absolute atomic E-state index is 0.302. The molecular formula is C16H34O3S2. The zero-order chi connectivity index (χ0) is 15.8. The van der Waals surface area contributed by atoms with E-state index in [0.29, 0.717) is 6.61 Å². The molecule has 21 heavy (non-hydrogen) atoms. The van der Waals surface area contributed by atoms with Gasteiger partial charge in [0.1, 0.15) is 0 Å². The third-order valence-electron chi connectivity index (χ3n) is 3.73. The molecule has 3 nitrogen and oxygen atoms in total. The zero-order valence-corrected chi connectivity index (χ0v) is 15.3. The van der Waals surface area contributed by atoms with Crippen LogP contribution >= 0.6 is 0 Å². The Morgan fingerprint density at radius 1 is 0.762 bits per heavy atom. The topological polar surface area (TPSA) is 46.5 Å². The highest BCUT2D eigenvalue weighted by Crippen LogP contribution is 2.12. The fourth-order valence-electron chi connectivity index (χ4n) is 2.46. The van der Waals surface area contributed by atoms with Gasteiger partial charge in [-0.2, -0.15) is 4.21 Å². The fourth-order valence-corrected chi connectivity index (χ4v) is 2.99. The van der Waals surface area contributed by atoms with Crippen LogP contribution in [-0.2, 0) is 24.4 Å². The Labute approximate surface area is 136 Å². The second-order valence-corrected chi connectivity index (χ2v) is 8.20. The van der Waals surface area contributed by atoms with E-state index in [9.17, 15) is 4.21 Å². The summed E-state index contributed by atoms with van der Waals surface area (Å²) in [7, 11) is -3.41. The number of unbranched alkanes of at least 4 members (excludes halogenated alkanes) is 13. The molecule has 0 aliphatic rings. The lowest BCUT2D eigenvalue weighted by atomic mass is 10.0. The van der Waals surface area contributed by atoms with E-state index in [1.54, 1.807) is 0 Å². The van der Waals surface area contributed by atoms with Crippen LogP contribution < -0.4 is 0 Å². The first kappa shape index (κ1) is 21.3. The first-order valence-electron chi connectivity index (χ1n) is 8.68. The highest BCUT2D eigenvalue weighted by atomic mass is 32.9. The summed E-state index contributed by atoms with van der Waals surface area (Å²) < 4.78 is 24.0. The van der Waals surface area contributed by atoms with Crippen LogP contribution in [0.5, 0.6) is 0 Å². The average molecular weight is 339 g/mol. The van der Waals surface area contributed by atoms with Gasteiger partial charge in [-0.15, -0.1) is 0 Å². The maximum Gasteiger partial charge on any atom is 0.266 e. The van der Waals surface area contributed by atoms with Gasteiger partial charge in [0.15, 0.2) is 0 Å². The van der Waals surface area contributed by atoms with E-state index < -0.39 is 9.05 Å². The van der Waals surface area contributed by atoms with Crippen molar-refractivity contribution in [3.63, 3.8) is 0 Å². The monoisotopic (exact) mass is 338 g/mol. The molecule has 0 radical (unpaired) electrons. The van der Waals surface area contributed by atoms with Crippen molar-refractivity contribution in [2.24, 2.45) is 0 Å². The van der Waals surface area contributed by atoms with Crippen LogP contribution in [0.4, 0.5) is 0 Å². The lowest BCUT2D eigenvalue weighted by Crippen LogP contribution is -2.03. The Hall–Kier alpha value is 0.290. The van der Waals surface area contributed by atoms with E-state index in [2.05, 4.69) is 22.3 Å². The van der Waals surface area contributed by atoms with Crippen LogP contribution in [0.25, 0.3) is 0 Å². The highest BCUT2D eigenvalue weighted by molar-refractivity contribution is 8.27. The molecule has 0 heterocycles. The van der Waals surface area contributed by atoms with Crippen LogP contribution in [0.3, 0.4) is 0 Å². The molecule has 0 saturated carbocycles. The van der Waals surface area contributed by atoms with Crippen molar-refractivity contribution in [2.75, 3.05) is 6.61 Å². The Bertz CT molecular complexity index is 303. The van der Waals surface area contributed by atoms with Crippen molar-refractivity contribution in [3.05, 3.63) is 0 Å². The third-order valence-corrected chi connectivity index (χ3v) is 4.48. The van der Waals surface area contributed by atoms with E-state index >= 15 is 0 Å². The number of hydrogen-bond acceptors (Lipinski definition) is 3. The lowest BCUT2D eigenvalue weighted by Gasteiger charge is -2.03. The first-order chi connectivity index (χ1) is 10.1. The predicted molar refractivity (Wildman–Crippen MR) is 94.4 cm³/mol. The van der Waals surface area contributed by atoms with Gasteiger partial charge in [-0.25, -0.2) is 0 Å². The van der Waals surface area contributed by atoms with Gasteiger partial charge in [-0.05, 0) is 6.42 Å². The summed E-state index contributed by atoms with van der Waals surface area (Å²) in [5, 5.41) is 0. The molecule has 0 aromatic rings. The molecule has 0 aromatic heterocycles. The van der Waals surface area contributed by atoms with Gasteiger partial charge in [0, 0.05) is 11.2 Å². The molecule has 0 amide bonds. The fraction of sp³-hybridized carbons (Fsp3) is 1.00. The quantitative estimate of drug-likeness (QED) is 0.371. The molecule has 0 rings (SSSR count). The van der Waals surface area contributed by atoms with Crippen LogP contribution in [-0.4, -0.2) is 15.4 Å². The van der Waals surface area contributed by atoms with Crippen molar-refractivity contribution in [1.82, 2.24) is 0 Å². The Morgan fingerprint density at radius 3 is 1.43 bits per heavy atom. The van der Waals surface area contributed by atoms with E-state index in [0.717, 1.165) is 12.8 Å². The van der Waals surface area contributed by atoms with Crippen molar-refractivity contribution in [1.29, 1.82) is 0 Å². The van der Waals surface area contributed by atoms with Gasteiger partial charge >= 0.3 is 0 Å². The van der Waals surface area contributed by atoms with Crippen LogP contribution in [0.2, 0.25) is 0 Å². The third kappa shape index (κ3) is 20.3. The number of rotatable bonds is 16. The maximum absolute atomic E-state index is 10.7. The summed E-state index contributed by atoms with van der Waals surface area (Å²) in [6, 6.07) is 0. The molecule has 0 aromatic carbocycles. The predicted octanol–water partition coefficient (Wildman–Crippen LogP) is 5.62. The Balaban J connectivity index is 3.03. The smallest absolute Gasteiger partial charge is 0.266 e. The number of hydrogen-bond donors (Lipinski definition) is 1. The largest absolute Gasteiger partial charge is 0.285 e. The zero-order valence-electron chi connectivity index (χ0n) is 13.7. The minimum atomic E-state index is -3.41. The molecule has 0 aliphatic heterocycles. The van der Waals surface area contributed by atoms with Crippen molar-refractivity contribution < 1.29 is 12.9 Å². The molecule has 0 fully saturated rings. The van der Waals surface area contributed by atoms with Gasteiger partial charge in [0.2, 0.25) is 0 Å². The second-order valence-electron chi connectivity index (χ2n) is 5.85. The Morgan fingerprint density at radius 2 is 1.10 bits per heavy atom. The summed E-state index contributed by atoms with van der Waals surface area (Å²) in [5.74, 6) is 0. The van der Waals surface area contributed by atoms with Crippen LogP contribution in [0, 0.1) is 0 Å². The van der Waals surface area contributed by atoms with Crippen molar-refractivity contribution in [3.8, 4) is 0 Å². The van der Waals surface area contributed by atoms with E-state index in [1.165, 1.54) is 77.0 Å². The summed E-state index contributed by atoms with van der Waals surface area (Å²) in [5.41, 5.74) is 0. The second kappa shape index (κ2) is 15.2. The van der Waals surface area contributed by atoms with Gasteiger partial charge in [-0.1, -0.05) is 90.4 Å². The molecule has 1 unspecified atom stereocenters. The normalized spacial score (nSPS) is 14.2.